The van der Waals surface area contributed by atoms with Crippen LogP contribution in [0.4, 0.5) is 0 Å². The van der Waals surface area contributed by atoms with E-state index in [0.29, 0.717) is 11.8 Å². The molecule has 1 saturated carbocycles. The zero-order valence-corrected chi connectivity index (χ0v) is 11.6. The highest BCUT2D eigenvalue weighted by Crippen LogP contribution is 2.35. The van der Waals surface area contributed by atoms with E-state index >= 15 is 0 Å². The van der Waals surface area contributed by atoms with Crippen LogP contribution in [0.15, 0.2) is 22.8 Å². The maximum atomic E-state index is 10.3. The summed E-state index contributed by atoms with van der Waals surface area (Å²) in [6, 6.07) is 3.88. The summed E-state index contributed by atoms with van der Waals surface area (Å²) in [5.41, 5.74) is -0.0631. The van der Waals surface area contributed by atoms with Crippen molar-refractivity contribution in [3.8, 4) is 0 Å². The summed E-state index contributed by atoms with van der Waals surface area (Å²) >= 11 is 0. The van der Waals surface area contributed by atoms with Crippen molar-refractivity contribution >= 4 is 0 Å². The molecule has 18 heavy (non-hydrogen) atoms. The largest absolute Gasteiger partial charge is 0.468 e. The average Bonchev–Trinajstić information content (AvgIpc) is 2.78. The molecule has 1 aliphatic rings. The highest BCUT2D eigenvalue weighted by atomic mass is 16.3. The van der Waals surface area contributed by atoms with Gasteiger partial charge in [0.1, 0.15) is 5.76 Å². The number of furan rings is 1. The zero-order valence-electron chi connectivity index (χ0n) is 11.6. The van der Waals surface area contributed by atoms with Gasteiger partial charge >= 0.3 is 0 Å². The van der Waals surface area contributed by atoms with Gasteiger partial charge < -0.3 is 14.8 Å². The standard InChI is InChI=1S/C15H25NO2/c1-11-6-7-13(14(17)9-11)15(2,3)16-10-12-5-4-8-18-12/h4-5,8,11,13-14,16-17H,6-7,9-10H2,1-3H3/t11-,13-,14-/m1/s1. The van der Waals surface area contributed by atoms with Crippen LogP contribution >= 0.6 is 0 Å². The fourth-order valence-corrected chi connectivity index (χ4v) is 3.05. The van der Waals surface area contributed by atoms with Crippen LogP contribution in [0.5, 0.6) is 0 Å². The Morgan fingerprint density at radius 1 is 1.44 bits per heavy atom. The molecular weight excluding hydrogens is 226 g/mol. The van der Waals surface area contributed by atoms with Gasteiger partial charge in [0.15, 0.2) is 0 Å². The first-order valence-corrected chi connectivity index (χ1v) is 6.94. The van der Waals surface area contributed by atoms with Crippen molar-refractivity contribution in [3.63, 3.8) is 0 Å². The van der Waals surface area contributed by atoms with Crippen LogP contribution in [0, 0.1) is 11.8 Å². The van der Waals surface area contributed by atoms with Crippen LogP contribution in [-0.2, 0) is 6.54 Å². The van der Waals surface area contributed by atoms with Gasteiger partial charge in [-0.25, -0.2) is 0 Å². The van der Waals surface area contributed by atoms with Gasteiger partial charge in [0.25, 0.3) is 0 Å². The second-order valence-electron chi connectivity index (χ2n) is 6.25. The average molecular weight is 251 g/mol. The molecule has 0 bridgehead atoms. The summed E-state index contributed by atoms with van der Waals surface area (Å²) in [5.74, 6) is 1.92. The SMILES string of the molecule is C[C@@H]1CC[C@@H](C(C)(C)NCc2ccco2)[C@H](O)C1. The molecule has 1 aromatic rings. The molecule has 3 heteroatoms. The van der Waals surface area contributed by atoms with Crippen LogP contribution in [-0.4, -0.2) is 16.7 Å². The normalized spacial score (nSPS) is 29.4. The van der Waals surface area contributed by atoms with Crippen molar-refractivity contribution in [2.45, 2.75) is 58.2 Å². The molecule has 2 rings (SSSR count). The van der Waals surface area contributed by atoms with Gasteiger partial charge in [-0.3, -0.25) is 0 Å². The first-order chi connectivity index (χ1) is 8.49. The molecular formula is C15H25NO2. The fraction of sp³-hybridized carbons (Fsp3) is 0.733. The maximum Gasteiger partial charge on any atom is 0.117 e. The third-order valence-electron chi connectivity index (χ3n) is 4.30. The molecule has 1 aromatic heterocycles. The summed E-state index contributed by atoms with van der Waals surface area (Å²) in [7, 11) is 0. The minimum Gasteiger partial charge on any atom is -0.468 e. The number of aliphatic hydroxyl groups excluding tert-OH is 1. The Kier molecular flexibility index (Phi) is 4.13. The van der Waals surface area contributed by atoms with Crippen LogP contribution in [0.2, 0.25) is 0 Å². The molecule has 102 valence electrons. The van der Waals surface area contributed by atoms with E-state index in [9.17, 15) is 5.11 Å². The van der Waals surface area contributed by atoms with E-state index in [-0.39, 0.29) is 11.6 Å². The van der Waals surface area contributed by atoms with Crippen LogP contribution in [0.3, 0.4) is 0 Å². The van der Waals surface area contributed by atoms with Gasteiger partial charge in [-0.2, -0.15) is 0 Å². The minimum atomic E-state index is -0.187. The first-order valence-electron chi connectivity index (χ1n) is 6.94. The van der Waals surface area contributed by atoms with E-state index in [1.807, 2.05) is 12.1 Å². The minimum absolute atomic E-state index is 0.0631. The highest BCUT2D eigenvalue weighted by Gasteiger charge is 2.37. The monoisotopic (exact) mass is 251 g/mol. The van der Waals surface area contributed by atoms with Gasteiger partial charge in [0.05, 0.1) is 18.9 Å². The van der Waals surface area contributed by atoms with Crippen molar-refractivity contribution < 1.29 is 9.52 Å². The van der Waals surface area contributed by atoms with Gasteiger partial charge in [-0.15, -0.1) is 0 Å². The third kappa shape index (κ3) is 3.15. The number of hydrogen-bond acceptors (Lipinski definition) is 3. The van der Waals surface area contributed by atoms with E-state index in [2.05, 4.69) is 26.1 Å². The van der Waals surface area contributed by atoms with E-state index < -0.39 is 0 Å². The molecule has 0 unspecified atom stereocenters. The summed E-state index contributed by atoms with van der Waals surface area (Å²) in [6.45, 7) is 7.31. The number of aliphatic hydroxyl groups is 1. The Balaban J connectivity index is 1.93. The lowest BCUT2D eigenvalue weighted by Gasteiger charge is -2.42. The third-order valence-corrected chi connectivity index (χ3v) is 4.30. The smallest absolute Gasteiger partial charge is 0.117 e. The lowest BCUT2D eigenvalue weighted by Crippen LogP contribution is -2.51. The van der Waals surface area contributed by atoms with E-state index in [1.165, 1.54) is 6.42 Å². The molecule has 0 radical (unpaired) electrons. The lowest BCUT2D eigenvalue weighted by molar-refractivity contribution is 0.00507. The van der Waals surface area contributed by atoms with Crippen LogP contribution in [0.1, 0.15) is 45.8 Å². The Morgan fingerprint density at radius 2 is 2.22 bits per heavy atom. The topological polar surface area (TPSA) is 45.4 Å². The van der Waals surface area contributed by atoms with Gasteiger partial charge in [-0.1, -0.05) is 13.3 Å². The molecule has 1 fully saturated rings. The van der Waals surface area contributed by atoms with Crippen molar-refractivity contribution in [2.24, 2.45) is 11.8 Å². The molecule has 3 atom stereocenters. The van der Waals surface area contributed by atoms with Gasteiger partial charge in [0, 0.05) is 11.5 Å². The molecule has 0 saturated heterocycles. The first kappa shape index (κ1) is 13.6. The second kappa shape index (κ2) is 5.45. The van der Waals surface area contributed by atoms with Crippen molar-refractivity contribution in [2.75, 3.05) is 0 Å². The highest BCUT2D eigenvalue weighted by molar-refractivity contribution is 5.00. The van der Waals surface area contributed by atoms with Crippen LogP contribution < -0.4 is 5.32 Å². The molecule has 2 N–H and O–H groups in total. The molecule has 1 heterocycles. The summed E-state index contributed by atoms with van der Waals surface area (Å²) in [6.07, 6.45) is 4.75. The molecule has 0 spiro atoms. The molecule has 3 nitrogen and oxygen atoms in total. The van der Waals surface area contributed by atoms with Crippen molar-refractivity contribution in [1.82, 2.24) is 5.32 Å². The van der Waals surface area contributed by atoms with Crippen molar-refractivity contribution in [1.29, 1.82) is 0 Å². The maximum absolute atomic E-state index is 10.3. The van der Waals surface area contributed by atoms with E-state index in [0.717, 1.165) is 25.1 Å². The summed E-state index contributed by atoms with van der Waals surface area (Å²) < 4.78 is 5.34. The van der Waals surface area contributed by atoms with Gasteiger partial charge in [-0.05, 0) is 44.7 Å². The summed E-state index contributed by atoms with van der Waals surface area (Å²) in [5, 5.41) is 13.8. The molecule has 0 amide bonds. The number of nitrogens with one attached hydrogen (secondary N) is 1. The Bertz CT molecular complexity index is 359. The quantitative estimate of drug-likeness (QED) is 0.865. The predicted molar refractivity (Wildman–Crippen MR) is 72.1 cm³/mol. The molecule has 1 aliphatic carbocycles. The molecule has 0 aromatic carbocycles. The fourth-order valence-electron chi connectivity index (χ4n) is 3.05. The molecule has 0 aliphatic heterocycles. The van der Waals surface area contributed by atoms with E-state index in [1.54, 1.807) is 6.26 Å². The van der Waals surface area contributed by atoms with E-state index in [4.69, 9.17) is 4.42 Å². The Hall–Kier alpha value is -0.800. The van der Waals surface area contributed by atoms with Crippen LogP contribution in [0.25, 0.3) is 0 Å². The second-order valence-corrected chi connectivity index (χ2v) is 6.25. The lowest BCUT2D eigenvalue weighted by atomic mass is 9.72. The Morgan fingerprint density at radius 3 is 2.83 bits per heavy atom. The van der Waals surface area contributed by atoms with Crippen molar-refractivity contribution in [3.05, 3.63) is 24.2 Å². The van der Waals surface area contributed by atoms with Gasteiger partial charge in [0.2, 0.25) is 0 Å². The predicted octanol–water partition coefficient (Wildman–Crippen LogP) is 2.94. The number of hydrogen-bond donors (Lipinski definition) is 2. The summed E-state index contributed by atoms with van der Waals surface area (Å²) in [4.78, 5) is 0. The zero-order chi connectivity index (χ0) is 13.2. The number of rotatable bonds is 4. The Labute approximate surface area is 110 Å².